The monoisotopic (exact) mass is 447 g/mol. The molecule has 1 amide bonds. The summed E-state index contributed by atoms with van der Waals surface area (Å²) in [6.07, 6.45) is 5.68. The number of methoxy groups -OCH3 is 1. The summed E-state index contributed by atoms with van der Waals surface area (Å²) < 4.78 is 8.58. The number of carbonyl (C=O) groups is 1. The maximum absolute atomic E-state index is 13.8. The van der Waals surface area contributed by atoms with E-state index < -0.39 is 6.04 Å². The number of halogens is 1. The number of aromatic nitrogens is 6. The van der Waals surface area contributed by atoms with Gasteiger partial charge in [-0.15, -0.1) is 0 Å². The van der Waals surface area contributed by atoms with Gasteiger partial charge >= 0.3 is 0 Å². The lowest BCUT2D eigenvalue weighted by Crippen LogP contribution is -2.41. The molecule has 0 radical (unpaired) electrons. The van der Waals surface area contributed by atoms with Gasteiger partial charge in [0.05, 0.1) is 53.8 Å². The zero-order valence-electron chi connectivity index (χ0n) is 17.1. The molecule has 1 atom stereocenters. The molecule has 9 nitrogen and oxygen atoms in total. The van der Waals surface area contributed by atoms with E-state index in [9.17, 15) is 4.79 Å². The molecule has 5 aromatic rings. The third-order valence-electron chi connectivity index (χ3n) is 5.88. The lowest BCUT2D eigenvalue weighted by Gasteiger charge is -2.33. The number of nitrogens with zero attached hydrogens (tertiary/aromatic N) is 6. The number of imidazole rings is 1. The van der Waals surface area contributed by atoms with Crippen LogP contribution in [0.4, 0.5) is 0 Å². The Kier molecular flexibility index (Phi) is 4.19. The van der Waals surface area contributed by atoms with Crippen LogP contribution in [0.15, 0.2) is 55.1 Å². The summed E-state index contributed by atoms with van der Waals surface area (Å²) in [6.45, 7) is 0.522. The van der Waals surface area contributed by atoms with E-state index in [0.717, 1.165) is 16.9 Å². The van der Waals surface area contributed by atoms with Crippen LogP contribution in [0.25, 0.3) is 11.0 Å². The Bertz CT molecular complexity index is 1480. The molecule has 160 valence electrons. The van der Waals surface area contributed by atoms with Gasteiger partial charge in [-0.2, -0.15) is 10.2 Å². The zero-order valence-corrected chi connectivity index (χ0v) is 17.8. The molecule has 6 heterocycles. The van der Waals surface area contributed by atoms with Gasteiger partial charge in [-0.3, -0.25) is 4.79 Å². The van der Waals surface area contributed by atoms with Crippen LogP contribution >= 0.6 is 11.6 Å². The smallest absolute Gasteiger partial charge is 0.258 e. The Morgan fingerprint density at radius 2 is 2.19 bits per heavy atom. The van der Waals surface area contributed by atoms with Gasteiger partial charge in [0.2, 0.25) is 0 Å². The molecule has 0 bridgehead atoms. The minimum absolute atomic E-state index is 0.132. The number of fused-ring (bicyclic) bond motifs is 3. The van der Waals surface area contributed by atoms with Gasteiger partial charge in [0, 0.05) is 18.7 Å². The van der Waals surface area contributed by atoms with Gasteiger partial charge in [-0.25, -0.2) is 14.0 Å². The SMILES string of the molecule is COc1ccc2c(C(=O)N3CCc4[nH]cnc4C3c3cc4cccc(Cl)n4n3)cnn2c1. The quantitative estimate of drug-likeness (QED) is 0.429. The van der Waals surface area contributed by atoms with Gasteiger partial charge in [-0.05, 0) is 30.3 Å². The van der Waals surface area contributed by atoms with Gasteiger partial charge in [0.25, 0.3) is 5.91 Å². The summed E-state index contributed by atoms with van der Waals surface area (Å²) in [7, 11) is 1.59. The highest BCUT2D eigenvalue weighted by Crippen LogP contribution is 2.35. The maximum atomic E-state index is 13.8. The highest BCUT2D eigenvalue weighted by Gasteiger charge is 2.37. The van der Waals surface area contributed by atoms with Crippen molar-refractivity contribution in [2.24, 2.45) is 0 Å². The van der Waals surface area contributed by atoms with Crippen LogP contribution in [0.2, 0.25) is 5.15 Å². The van der Waals surface area contributed by atoms with Crippen LogP contribution in [-0.2, 0) is 6.42 Å². The van der Waals surface area contributed by atoms with E-state index in [2.05, 4.69) is 15.1 Å². The number of nitrogens with one attached hydrogen (secondary N) is 1. The van der Waals surface area contributed by atoms with Crippen molar-refractivity contribution in [1.82, 2.24) is 34.1 Å². The summed E-state index contributed by atoms with van der Waals surface area (Å²) in [5.41, 5.74) is 4.58. The maximum Gasteiger partial charge on any atom is 0.258 e. The van der Waals surface area contributed by atoms with Crippen LogP contribution in [0.1, 0.15) is 33.5 Å². The Hall–Kier alpha value is -3.85. The van der Waals surface area contributed by atoms with Crippen molar-refractivity contribution < 1.29 is 9.53 Å². The van der Waals surface area contributed by atoms with Crippen LogP contribution in [0.3, 0.4) is 0 Å². The van der Waals surface area contributed by atoms with E-state index in [-0.39, 0.29) is 5.91 Å². The average Bonchev–Trinajstić information content (AvgIpc) is 3.55. The molecule has 0 saturated carbocycles. The van der Waals surface area contributed by atoms with Crippen LogP contribution in [-0.4, -0.2) is 53.7 Å². The van der Waals surface area contributed by atoms with Gasteiger partial charge in [0.1, 0.15) is 16.9 Å². The molecule has 0 spiro atoms. The first-order valence-corrected chi connectivity index (χ1v) is 10.5. The topological polar surface area (TPSA) is 92.8 Å². The molecule has 1 aliphatic rings. The normalized spacial score (nSPS) is 15.9. The molecule has 0 saturated heterocycles. The van der Waals surface area contributed by atoms with Gasteiger partial charge < -0.3 is 14.6 Å². The van der Waals surface area contributed by atoms with E-state index in [4.69, 9.17) is 21.4 Å². The summed E-state index contributed by atoms with van der Waals surface area (Å²) >= 11 is 6.34. The number of hydrogen-bond donors (Lipinski definition) is 1. The lowest BCUT2D eigenvalue weighted by molar-refractivity contribution is 0.0689. The van der Waals surface area contributed by atoms with E-state index in [1.54, 1.807) is 45.8 Å². The fraction of sp³-hybridized carbons (Fsp3) is 0.182. The first-order valence-electron chi connectivity index (χ1n) is 10.1. The predicted octanol–water partition coefficient (Wildman–Crippen LogP) is 3.16. The molecule has 1 unspecified atom stereocenters. The zero-order chi connectivity index (χ0) is 21.8. The molecular weight excluding hydrogens is 430 g/mol. The third kappa shape index (κ3) is 2.78. The molecule has 6 rings (SSSR count). The second-order valence-electron chi connectivity index (χ2n) is 7.63. The van der Waals surface area contributed by atoms with Crippen molar-refractivity contribution in [2.75, 3.05) is 13.7 Å². The van der Waals surface area contributed by atoms with E-state index >= 15 is 0 Å². The van der Waals surface area contributed by atoms with Crippen LogP contribution < -0.4 is 4.74 Å². The highest BCUT2D eigenvalue weighted by molar-refractivity contribution is 6.29. The summed E-state index contributed by atoms with van der Waals surface area (Å²) in [6, 6.07) is 10.7. The molecule has 10 heteroatoms. The minimum Gasteiger partial charge on any atom is -0.495 e. The largest absolute Gasteiger partial charge is 0.495 e. The van der Waals surface area contributed by atoms with Gasteiger partial charge in [0.15, 0.2) is 0 Å². The van der Waals surface area contributed by atoms with Crippen molar-refractivity contribution >= 4 is 28.5 Å². The van der Waals surface area contributed by atoms with Crippen LogP contribution in [0.5, 0.6) is 5.75 Å². The van der Waals surface area contributed by atoms with Crippen molar-refractivity contribution in [3.63, 3.8) is 0 Å². The number of ether oxygens (including phenoxy) is 1. The number of rotatable bonds is 3. The number of pyridine rings is 2. The minimum atomic E-state index is -0.443. The fourth-order valence-electron chi connectivity index (χ4n) is 4.34. The molecular formula is C22H18ClN7O2. The summed E-state index contributed by atoms with van der Waals surface area (Å²) in [5, 5.41) is 9.57. The van der Waals surface area contributed by atoms with Gasteiger partial charge in [-0.1, -0.05) is 17.7 Å². The molecule has 5 aromatic heterocycles. The van der Waals surface area contributed by atoms with Crippen molar-refractivity contribution in [1.29, 1.82) is 0 Å². The number of carbonyl (C=O) groups excluding carboxylic acids is 1. The number of amides is 1. The molecule has 0 fully saturated rings. The second-order valence-corrected chi connectivity index (χ2v) is 8.02. The third-order valence-corrected chi connectivity index (χ3v) is 6.17. The average molecular weight is 448 g/mol. The summed E-state index contributed by atoms with van der Waals surface area (Å²) in [5.74, 6) is 0.533. The lowest BCUT2D eigenvalue weighted by atomic mass is 9.98. The Balaban J connectivity index is 1.47. The summed E-state index contributed by atoms with van der Waals surface area (Å²) in [4.78, 5) is 23.3. The molecule has 1 N–H and O–H groups in total. The highest BCUT2D eigenvalue weighted by atomic mass is 35.5. The number of aromatic amines is 1. The first kappa shape index (κ1) is 18.9. The first-order chi connectivity index (χ1) is 15.6. The Morgan fingerprint density at radius 1 is 1.28 bits per heavy atom. The molecule has 0 aromatic carbocycles. The number of H-pyrrole nitrogens is 1. The Morgan fingerprint density at radius 3 is 3.03 bits per heavy atom. The van der Waals surface area contributed by atoms with Crippen LogP contribution in [0, 0.1) is 0 Å². The van der Waals surface area contributed by atoms with Crippen molar-refractivity contribution in [3.8, 4) is 5.75 Å². The van der Waals surface area contributed by atoms with E-state index in [1.165, 1.54) is 0 Å². The molecule has 1 aliphatic heterocycles. The van der Waals surface area contributed by atoms with Crippen molar-refractivity contribution in [2.45, 2.75) is 12.5 Å². The predicted molar refractivity (Wildman–Crippen MR) is 117 cm³/mol. The second kappa shape index (κ2) is 7.10. The fourth-order valence-corrected chi connectivity index (χ4v) is 4.54. The molecule has 32 heavy (non-hydrogen) atoms. The van der Waals surface area contributed by atoms with E-state index in [1.807, 2.05) is 30.3 Å². The molecule has 0 aliphatic carbocycles. The van der Waals surface area contributed by atoms with E-state index in [0.29, 0.717) is 40.6 Å². The standard InChI is InChI=1S/C22H18ClN7O2/c1-32-14-5-6-18-15(10-26-29(18)11-14)22(31)28-8-7-16-20(25-12-24-16)21(28)17-9-13-3-2-4-19(23)30(13)27-17/h2-6,9-12,21H,7-8H2,1H3,(H,24,25). The van der Waals surface area contributed by atoms with Crippen molar-refractivity contribution in [3.05, 3.63) is 82.9 Å². The number of hydrogen-bond acceptors (Lipinski definition) is 5. The Labute approximate surface area is 187 Å².